The Morgan fingerprint density at radius 2 is 1.91 bits per heavy atom. The topological polar surface area (TPSA) is 86.9 Å². The summed E-state index contributed by atoms with van der Waals surface area (Å²) in [6.07, 6.45) is 1.39. The molecule has 166 valence electrons. The minimum Gasteiger partial charge on any atom is -0.503 e. The number of aliphatic hydroxyl groups is 1. The molecular formula is C25H21N3O4S. The van der Waals surface area contributed by atoms with E-state index in [0.29, 0.717) is 10.7 Å². The predicted molar refractivity (Wildman–Crippen MR) is 128 cm³/mol. The number of furan rings is 1. The second kappa shape index (κ2) is 7.90. The second-order valence-electron chi connectivity index (χ2n) is 8.10. The minimum atomic E-state index is -0.840. The van der Waals surface area contributed by atoms with Crippen molar-refractivity contribution in [3.63, 3.8) is 0 Å². The van der Waals surface area contributed by atoms with E-state index < -0.39 is 23.5 Å². The Balaban J connectivity index is 1.67. The lowest BCUT2D eigenvalue weighted by atomic mass is 9.95. The number of rotatable bonds is 5. The summed E-state index contributed by atoms with van der Waals surface area (Å²) in [5, 5.41) is 11.3. The number of benzene rings is 2. The number of hydrogen-bond acceptors (Lipinski definition) is 7. The van der Waals surface area contributed by atoms with Gasteiger partial charge in [0.05, 0.1) is 28.1 Å². The highest BCUT2D eigenvalue weighted by atomic mass is 32.1. The Labute approximate surface area is 194 Å². The van der Waals surface area contributed by atoms with Crippen LogP contribution < -0.4 is 9.80 Å². The molecule has 1 unspecified atom stereocenters. The standard InChI is InChI=1S/C25H21N3O4S/c1-14-6-11-17-19(13-14)33-25(26-17)28-21(15-7-9-16(10-8-15)27(2)3)20(23(30)24(28)31)22(29)18-5-4-12-32-18/h4-13,21,30H,1-3H3. The SMILES string of the molecule is Cc1ccc2nc(N3C(=O)C(O)=C(C(=O)c4ccco4)C3c3ccc(N(C)C)cc3)sc2c1. The third-order valence-electron chi connectivity index (χ3n) is 5.66. The molecule has 0 saturated carbocycles. The predicted octanol–water partition coefficient (Wildman–Crippen LogP) is 5.05. The number of aryl methyl sites for hydroxylation is 1. The van der Waals surface area contributed by atoms with E-state index in [9.17, 15) is 14.7 Å². The summed E-state index contributed by atoms with van der Waals surface area (Å²) in [6, 6.07) is 15.6. The largest absolute Gasteiger partial charge is 0.503 e. The summed E-state index contributed by atoms with van der Waals surface area (Å²) in [6.45, 7) is 1.99. The molecule has 33 heavy (non-hydrogen) atoms. The molecule has 1 N–H and O–H groups in total. The van der Waals surface area contributed by atoms with Gasteiger partial charge >= 0.3 is 0 Å². The van der Waals surface area contributed by atoms with Gasteiger partial charge in [0.1, 0.15) is 0 Å². The van der Waals surface area contributed by atoms with Crippen LogP contribution in [-0.4, -0.2) is 35.9 Å². The zero-order valence-corrected chi connectivity index (χ0v) is 19.1. The maximum Gasteiger partial charge on any atom is 0.296 e. The van der Waals surface area contributed by atoms with Gasteiger partial charge in [-0.15, -0.1) is 0 Å². The molecule has 1 aliphatic heterocycles. The van der Waals surface area contributed by atoms with Crippen LogP contribution in [0.4, 0.5) is 10.8 Å². The van der Waals surface area contributed by atoms with Crippen LogP contribution in [0.2, 0.25) is 0 Å². The van der Waals surface area contributed by atoms with Crippen LogP contribution in [0.25, 0.3) is 10.2 Å². The summed E-state index contributed by atoms with van der Waals surface area (Å²) in [7, 11) is 3.86. The number of anilines is 2. The number of carbonyl (C=O) groups is 2. The maximum atomic E-state index is 13.3. The molecule has 0 spiro atoms. The molecule has 7 nitrogen and oxygen atoms in total. The number of amides is 1. The summed E-state index contributed by atoms with van der Waals surface area (Å²) >= 11 is 1.35. The molecule has 1 aliphatic rings. The molecule has 0 aliphatic carbocycles. The summed E-state index contributed by atoms with van der Waals surface area (Å²) < 4.78 is 6.20. The number of ketones is 1. The van der Waals surface area contributed by atoms with Gasteiger partial charge in [-0.1, -0.05) is 29.5 Å². The first-order chi connectivity index (χ1) is 15.8. The van der Waals surface area contributed by atoms with Crippen LogP contribution in [0, 0.1) is 6.92 Å². The lowest BCUT2D eigenvalue weighted by Crippen LogP contribution is -2.31. The van der Waals surface area contributed by atoms with Crippen molar-refractivity contribution in [1.29, 1.82) is 0 Å². The number of nitrogens with zero attached hydrogens (tertiary/aromatic N) is 3. The summed E-state index contributed by atoms with van der Waals surface area (Å²) in [5.41, 5.74) is 3.46. The van der Waals surface area contributed by atoms with Crippen molar-refractivity contribution in [1.82, 2.24) is 4.98 Å². The van der Waals surface area contributed by atoms with E-state index in [0.717, 1.165) is 21.5 Å². The molecule has 5 rings (SSSR count). The molecule has 0 saturated heterocycles. The van der Waals surface area contributed by atoms with Gasteiger partial charge in [-0.3, -0.25) is 14.5 Å². The Morgan fingerprint density at radius 1 is 1.15 bits per heavy atom. The highest BCUT2D eigenvalue weighted by Gasteiger charge is 2.46. The smallest absolute Gasteiger partial charge is 0.296 e. The van der Waals surface area contributed by atoms with Crippen molar-refractivity contribution in [2.45, 2.75) is 13.0 Å². The van der Waals surface area contributed by atoms with E-state index in [1.165, 1.54) is 28.6 Å². The lowest BCUT2D eigenvalue weighted by molar-refractivity contribution is -0.117. The van der Waals surface area contributed by atoms with Crippen LogP contribution >= 0.6 is 11.3 Å². The van der Waals surface area contributed by atoms with E-state index in [1.54, 1.807) is 6.07 Å². The highest BCUT2D eigenvalue weighted by molar-refractivity contribution is 7.22. The fraction of sp³-hybridized carbons (Fsp3) is 0.160. The van der Waals surface area contributed by atoms with Crippen molar-refractivity contribution < 1.29 is 19.1 Å². The van der Waals surface area contributed by atoms with Crippen molar-refractivity contribution in [2.24, 2.45) is 0 Å². The first kappa shape index (κ1) is 21.0. The molecular weight excluding hydrogens is 438 g/mol. The van der Waals surface area contributed by atoms with Crippen molar-refractivity contribution >= 4 is 44.1 Å². The molecule has 0 bridgehead atoms. The molecule has 1 amide bonds. The van der Waals surface area contributed by atoms with Gasteiger partial charge in [0, 0.05) is 19.8 Å². The van der Waals surface area contributed by atoms with Gasteiger partial charge < -0.3 is 14.4 Å². The average molecular weight is 460 g/mol. The van der Waals surface area contributed by atoms with Gasteiger partial charge in [-0.25, -0.2) is 4.98 Å². The molecule has 0 radical (unpaired) electrons. The van der Waals surface area contributed by atoms with E-state index >= 15 is 0 Å². The molecule has 2 aromatic carbocycles. The van der Waals surface area contributed by atoms with E-state index in [1.807, 2.05) is 68.4 Å². The Bertz CT molecular complexity index is 1400. The Hall–Kier alpha value is -3.91. The fourth-order valence-electron chi connectivity index (χ4n) is 3.97. The maximum absolute atomic E-state index is 13.3. The highest BCUT2D eigenvalue weighted by Crippen LogP contribution is 2.44. The Morgan fingerprint density at radius 3 is 2.58 bits per heavy atom. The number of thiazole rings is 1. The van der Waals surface area contributed by atoms with Gasteiger partial charge in [-0.05, 0) is 54.4 Å². The zero-order valence-electron chi connectivity index (χ0n) is 18.3. The summed E-state index contributed by atoms with van der Waals surface area (Å²) in [4.78, 5) is 34.6. The number of aliphatic hydroxyl groups excluding tert-OH is 1. The van der Waals surface area contributed by atoms with E-state index in [2.05, 4.69) is 4.98 Å². The van der Waals surface area contributed by atoms with E-state index in [4.69, 9.17) is 4.42 Å². The number of aromatic nitrogens is 1. The molecule has 4 aromatic rings. The van der Waals surface area contributed by atoms with Crippen molar-refractivity contribution in [3.8, 4) is 0 Å². The summed E-state index contributed by atoms with van der Waals surface area (Å²) in [5.74, 6) is -1.73. The van der Waals surface area contributed by atoms with Crippen LogP contribution in [-0.2, 0) is 4.79 Å². The lowest BCUT2D eigenvalue weighted by Gasteiger charge is -2.25. The molecule has 0 fully saturated rings. The third-order valence-corrected chi connectivity index (χ3v) is 6.68. The van der Waals surface area contributed by atoms with E-state index in [-0.39, 0.29) is 11.3 Å². The van der Waals surface area contributed by atoms with Crippen LogP contribution in [0.1, 0.15) is 27.7 Å². The van der Waals surface area contributed by atoms with Gasteiger partial charge in [-0.2, -0.15) is 0 Å². The first-order valence-corrected chi connectivity index (χ1v) is 11.2. The molecule has 8 heteroatoms. The normalized spacial score (nSPS) is 16.2. The quantitative estimate of drug-likeness (QED) is 0.421. The number of hydrogen-bond donors (Lipinski definition) is 1. The van der Waals surface area contributed by atoms with Gasteiger partial charge in [0.15, 0.2) is 16.7 Å². The average Bonchev–Trinajstić information content (AvgIpc) is 3.52. The Kier molecular flexibility index (Phi) is 5.02. The zero-order chi connectivity index (χ0) is 23.3. The van der Waals surface area contributed by atoms with Crippen LogP contribution in [0.5, 0.6) is 0 Å². The minimum absolute atomic E-state index is 0.0250. The third kappa shape index (κ3) is 3.48. The van der Waals surface area contributed by atoms with Gasteiger partial charge in [0.25, 0.3) is 5.91 Å². The monoisotopic (exact) mass is 459 g/mol. The van der Waals surface area contributed by atoms with Crippen LogP contribution in [0.3, 0.4) is 0 Å². The molecule has 3 heterocycles. The van der Waals surface area contributed by atoms with Crippen molar-refractivity contribution in [2.75, 3.05) is 23.9 Å². The number of fused-ring (bicyclic) bond motifs is 1. The van der Waals surface area contributed by atoms with Crippen LogP contribution in [0.15, 0.2) is 76.6 Å². The van der Waals surface area contributed by atoms with Crippen molar-refractivity contribution in [3.05, 3.63) is 89.1 Å². The molecule has 1 atom stereocenters. The first-order valence-electron chi connectivity index (χ1n) is 10.3. The fourth-order valence-corrected chi connectivity index (χ4v) is 5.06. The molecule has 2 aromatic heterocycles. The van der Waals surface area contributed by atoms with Gasteiger partial charge in [0.2, 0.25) is 5.78 Å². The number of carbonyl (C=O) groups excluding carboxylic acids is 2. The second-order valence-corrected chi connectivity index (χ2v) is 9.11. The number of Topliss-reactive ketones (excluding diaryl/α,β-unsaturated/α-hetero) is 1.